The minimum absolute atomic E-state index is 0.277. The number of unbranched alkanes of at least 4 members (excludes halogenated alkanes) is 7. The Bertz CT molecular complexity index is 436. The Morgan fingerprint density at radius 2 is 1.46 bits per heavy atom. The van der Waals surface area contributed by atoms with E-state index in [2.05, 4.69) is 13.1 Å². The average Bonchev–Trinajstić information content (AvgIpc) is 2.47. The Labute approximate surface area is 148 Å². The van der Waals surface area contributed by atoms with Gasteiger partial charge in [-0.3, -0.25) is 9.35 Å². The third-order valence-electron chi connectivity index (χ3n) is 4.07. The number of carbonyl (C=O) groups excluding carboxylic acids is 1. The first-order chi connectivity index (χ1) is 11.2. The summed E-state index contributed by atoms with van der Waals surface area (Å²) in [6.45, 7) is 4.22. The molecule has 0 radical (unpaired) electrons. The highest BCUT2D eigenvalue weighted by Gasteiger charge is 2.19. The summed E-state index contributed by atoms with van der Waals surface area (Å²) >= 11 is 0. The van der Waals surface area contributed by atoms with E-state index in [9.17, 15) is 13.2 Å². The summed E-state index contributed by atoms with van der Waals surface area (Å²) in [7, 11) is -3.62. The Morgan fingerprint density at radius 1 is 0.958 bits per heavy atom. The van der Waals surface area contributed by atoms with Gasteiger partial charge >= 0.3 is 5.97 Å². The van der Waals surface area contributed by atoms with Gasteiger partial charge in [0, 0.05) is 13.5 Å². The molecule has 0 spiro atoms. The number of hydrogen-bond acceptors (Lipinski definition) is 5. The van der Waals surface area contributed by atoms with Gasteiger partial charge in [-0.15, -0.1) is 0 Å². The van der Waals surface area contributed by atoms with Crippen molar-refractivity contribution in [3.63, 3.8) is 0 Å². The Morgan fingerprint density at radius 3 is 1.96 bits per heavy atom. The summed E-state index contributed by atoms with van der Waals surface area (Å²) in [6, 6.07) is 1.23. The highest BCUT2D eigenvalue weighted by atomic mass is 32.2. The van der Waals surface area contributed by atoms with Crippen LogP contribution in [0.4, 0.5) is 0 Å². The van der Waals surface area contributed by atoms with Crippen LogP contribution in [0, 0.1) is 0 Å². The second-order valence-electron chi connectivity index (χ2n) is 6.80. The lowest BCUT2D eigenvalue weighted by Crippen LogP contribution is -2.27. The fraction of sp³-hybridized carbons (Fsp3) is 0.938. The van der Waals surface area contributed by atoms with Gasteiger partial charge in [0.15, 0.2) is 8.32 Å². The second-order valence-corrected chi connectivity index (χ2v) is 12.8. The van der Waals surface area contributed by atoms with Crippen molar-refractivity contribution in [1.29, 1.82) is 0 Å². The molecule has 0 amide bonds. The van der Waals surface area contributed by atoms with Gasteiger partial charge in [-0.1, -0.05) is 44.9 Å². The molecule has 0 rings (SSSR count). The quantitative estimate of drug-likeness (QED) is 0.201. The van der Waals surface area contributed by atoms with Gasteiger partial charge in [-0.05, 0) is 25.6 Å². The molecular formula is C16H34O6SSi. The van der Waals surface area contributed by atoms with Crippen LogP contribution in [0.15, 0.2) is 0 Å². The van der Waals surface area contributed by atoms with Gasteiger partial charge in [0.2, 0.25) is 0 Å². The zero-order chi connectivity index (χ0) is 18.5. The molecule has 0 saturated carbocycles. The maximum Gasteiger partial charge on any atom is 0.305 e. The lowest BCUT2D eigenvalue weighted by atomic mass is 10.1. The largest absolute Gasteiger partial charge is 0.464 e. The van der Waals surface area contributed by atoms with Crippen LogP contribution < -0.4 is 0 Å². The molecule has 6 nitrogen and oxygen atoms in total. The van der Waals surface area contributed by atoms with E-state index < -0.39 is 30.2 Å². The molecule has 0 aliphatic heterocycles. The van der Waals surface area contributed by atoms with Gasteiger partial charge < -0.3 is 9.16 Å². The number of esters is 1. The number of ether oxygens (including phenoxy) is 1. The summed E-state index contributed by atoms with van der Waals surface area (Å²) in [5.74, 6) is -0.938. The van der Waals surface area contributed by atoms with Crippen LogP contribution in [0.2, 0.25) is 19.1 Å². The normalized spacial score (nSPS) is 12.3. The molecule has 0 aromatic carbocycles. The molecule has 1 N–H and O–H groups in total. The molecule has 0 bridgehead atoms. The predicted molar refractivity (Wildman–Crippen MR) is 98.2 cm³/mol. The molecular weight excluding hydrogens is 348 g/mol. The standard InChI is InChI=1S/C16H34O6SSi/c1-21-24(2,3)15-11-9-7-5-4-6-8-10-12-16(17)22-13-14-23(18,19)20/h4-15H2,1-3H3,(H,18,19,20). The van der Waals surface area contributed by atoms with Crippen LogP contribution in [-0.2, 0) is 24.1 Å². The minimum Gasteiger partial charge on any atom is -0.464 e. The van der Waals surface area contributed by atoms with Crippen LogP contribution in [0.5, 0.6) is 0 Å². The Balaban J connectivity index is 3.35. The van der Waals surface area contributed by atoms with Crippen molar-refractivity contribution in [2.75, 3.05) is 19.5 Å². The third kappa shape index (κ3) is 16.4. The van der Waals surface area contributed by atoms with Crippen LogP contribution in [0.1, 0.15) is 57.8 Å². The third-order valence-corrected chi connectivity index (χ3v) is 7.41. The number of hydrogen-bond donors (Lipinski definition) is 1. The zero-order valence-electron chi connectivity index (χ0n) is 15.4. The Kier molecular flexibility index (Phi) is 12.6. The smallest absolute Gasteiger partial charge is 0.305 e. The fourth-order valence-electron chi connectivity index (χ4n) is 2.32. The SMILES string of the molecule is CO[Si](C)(C)CCCCCCCCCCC(=O)OCCS(=O)(=O)O. The molecule has 0 aliphatic carbocycles. The summed E-state index contributed by atoms with van der Waals surface area (Å²) in [5.41, 5.74) is 0. The second kappa shape index (κ2) is 12.9. The topological polar surface area (TPSA) is 89.9 Å². The van der Waals surface area contributed by atoms with E-state index in [4.69, 9.17) is 13.7 Å². The van der Waals surface area contributed by atoms with Crippen molar-refractivity contribution in [1.82, 2.24) is 0 Å². The lowest BCUT2D eigenvalue weighted by Gasteiger charge is -2.19. The summed E-state index contributed by atoms with van der Waals surface area (Å²) in [5, 5.41) is 0. The molecule has 0 saturated heterocycles. The van der Waals surface area contributed by atoms with E-state index in [1.54, 1.807) is 0 Å². The van der Waals surface area contributed by atoms with E-state index in [0.29, 0.717) is 6.42 Å². The van der Waals surface area contributed by atoms with Crippen LogP contribution >= 0.6 is 0 Å². The zero-order valence-corrected chi connectivity index (χ0v) is 17.2. The summed E-state index contributed by atoms with van der Waals surface area (Å²) < 4.78 is 39.7. The van der Waals surface area contributed by atoms with Gasteiger partial charge in [0.1, 0.15) is 12.4 Å². The first-order valence-corrected chi connectivity index (χ1v) is 13.5. The Hall–Kier alpha value is -0.443. The summed E-state index contributed by atoms with van der Waals surface area (Å²) in [4.78, 5) is 11.3. The van der Waals surface area contributed by atoms with Gasteiger partial charge in [0.05, 0.1) is 0 Å². The van der Waals surface area contributed by atoms with E-state index in [1.807, 2.05) is 7.11 Å². The van der Waals surface area contributed by atoms with Gasteiger partial charge in [0.25, 0.3) is 10.1 Å². The molecule has 0 atom stereocenters. The van der Waals surface area contributed by atoms with Crippen LogP contribution in [0.3, 0.4) is 0 Å². The lowest BCUT2D eigenvalue weighted by molar-refractivity contribution is -0.143. The van der Waals surface area contributed by atoms with E-state index in [0.717, 1.165) is 19.3 Å². The maximum atomic E-state index is 11.3. The van der Waals surface area contributed by atoms with Gasteiger partial charge in [-0.25, -0.2) is 0 Å². The molecule has 0 aliphatic rings. The van der Waals surface area contributed by atoms with E-state index in [1.165, 1.54) is 38.1 Å². The maximum absolute atomic E-state index is 11.3. The van der Waals surface area contributed by atoms with Crippen molar-refractivity contribution in [2.45, 2.75) is 76.9 Å². The highest BCUT2D eigenvalue weighted by Crippen LogP contribution is 2.16. The average molecular weight is 383 g/mol. The molecule has 0 fully saturated rings. The number of rotatable bonds is 15. The monoisotopic (exact) mass is 382 g/mol. The molecule has 0 aromatic heterocycles. The fourth-order valence-corrected chi connectivity index (χ4v) is 3.92. The van der Waals surface area contributed by atoms with Crippen molar-refractivity contribution in [3.05, 3.63) is 0 Å². The molecule has 24 heavy (non-hydrogen) atoms. The molecule has 144 valence electrons. The minimum atomic E-state index is -4.05. The van der Waals surface area contributed by atoms with E-state index >= 15 is 0 Å². The van der Waals surface area contributed by atoms with Crippen molar-refractivity contribution in [3.8, 4) is 0 Å². The first kappa shape index (κ1) is 23.6. The highest BCUT2D eigenvalue weighted by molar-refractivity contribution is 7.85. The number of carbonyl (C=O) groups is 1. The summed E-state index contributed by atoms with van der Waals surface area (Å²) in [6.07, 6.45) is 9.35. The van der Waals surface area contributed by atoms with Crippen molar-refractivity contribution in [2.24, 2.45) is 0 Å². The van der Waals surface area contributed by atoms with Gasteiger partial charge in [-0.2, -0.15) is 8.42 Å². The predicted octanol–water partition coefficient (Wildman–Crippen LogP) is 3.78. The molecule has 0 heterocycles. The van der Waals surface area contributed by atoms with Crippen LogP contribution in [0.25, 0.3) is 0 Å². The first-order valence-electron chi connectivity index (χ1n) is 8.82. The van der Waals surface area contributed by atoms with Crippen molar-refractivity contribution >= 4 is 24.4 Å². The molecule has 8 heteroatoms. The molecule has 0 unspecified atom stereocenters. The van der Waals surface area contributed by atoms with E-state index in [-0.39, 0.29) is 6.61 Å². The van der Waals surface area contributed by atoms with Crippen LogP contribution in [-0.4, -0.2) is 46.7 Å². The van der Waals surface area contributed by atoms with Crippen molar-refractivity contribution < 1.29 is 26.9 Å². The molecule has 0 aromatic rings.